The molecule has 2 saturated heterocycles. The summed E-state index contributed by atoms with van der Waals surface area (Å²) in [5.74, 6) is 0.320. The van der Waals surface area contributed by atoms with E-state index in [4.69, 9.17) is 11.6 Å². The van der Waals surface area contributed by atoms with Gasteiger partial charge in [-0.3, -0.25) is 4.79 Å². The lowest BCUT2D eigenvalue weighted by Crippen LogP contribution is -2.48. The van der Waals surface area contributed by atoms with E-state index in [2.05, 4.69) is 24.0 Å². The molecule has 2 bridgehead atoms. The zero-order valence-electron chi connectivity index (χ0n) is 12.0. The van der Waals surface area contributed by atoms with E-state index in [0.717, 1.165) is 37.7 Å². The third-order valence-electron chi connectivity index (χ3n) is 4.84. The van der Waals surface area contributed by atoms with Crippen molar-refractivity contribution in [3.8, 4) is 0 Å². The Bertz CT molecular complexity index is 461. The van der Waals surface area contributed by atoms with E-state index in [1.165, 1.54) is 0 Å². The molecule has 0 aliphatic carbocycles. The smallest absolute Gasteiger partial charge is 0.230 e. The fraction of sp³-hybridized carbons (Fsp3) is 0.588. The van der Waals surface area contributed by atoms with Crippen LogP contribution in [0.3, 0.4) is 0 Å². The number of halogens is 1. The number of fused-ring (bicyclic) bond motifs is 2. The molecule has 108 valence electrons. The average molecular weight is 292 g/mol. The molecule has 0 spiro atoms. The van der Waals surface area contributed by atoms with Crippen molar-refractivity contribution >= 4 is 17.5 Å². The van der Waals surface area contributed by atoms with Crippen LogP contribution in [0.25, 0.3) is 0 Å². The van der Waals surface area contributed by atoms with Crippen molar-refractivity contribution in [2.75, 3.05) is 0 Å². The molecule has 1 aromatic rings. The summed E-state index contributed by atoms with van der Waals surface area (Å²) >= 11 is 6.31. The molecule has 3 unspecified atom stereocenters. The van der Waals surface area contributed by atoms with Gasteiger partial charge in [-0.25, -0.2) is 0 Å². The number of amides is 1. The highest BCUT2D eigenvalue weighted by molar-refractivity contribution is 6.20. The number of carbonyl (C=O) groups excluding carboxylic acids is 1. The normalized spacial score (nSPS) is 30.3. The Morgan fingerprint density at radius 3 is 2.40 bits per heavy atom. The van der Waals surface area contributed by atoms with Gasteiger partial charge in [-0.15, -0.1) is 11.6 Å². The van der Waals surface area contributed by atoms with Gasteiger partial charge >= 0.3 is 0 Å². The second-order valence-electron chi connectivity index (χ2n) is 6.07. The lowest BCUT2D eigenvalue weighted by atomic mass is 9.92. The van der Waals surface area contributed by atoms with Crippen LogP contribution in [-0.2, 0) is 4.79 Å². The van der Waals surface area contributed by atoms with Crippen molar-refractivity contribution in [2.24, 2.45) is 0 Å². The highest BCUT2D eigenvalue weighted by Crippen LogP contribution is 2.40. The number of alkyl halides is 1. The predicted octanol–water partition coefficient (Wildman–Crippen LogP) is 3.94. The summed E-state index contributed by atoms with van der Waals surface area (Å²) in [5.41, 5.74) is 1.15. The van der Waals surface area contributed by atoms with Crippen molar-refractivity contribution in [1.29, 1.82) is 0 Å². The molecule has 1 aromatic carbocycles. The van der Waals surface area contributed by atoms with Gasteiger partial charge in [0.25, 0.3) is 0 Å². The van der Waals surface area contributed by atoms with Crippen LogP contribution in [-0.4, -0.2) is 28.3 Å². The number of hydrogen-bond acceptors (Lipinski definition) is 1. The fourth-order valence-corrected chi connectivity index (χ4v) is 4.30. The highest BCUT2D eigenvalue weighted by atomic mass is 35.5. The van der Waals surface area contributed by atoms with Gasteiger partial charge in [-0.1, -0.05) is 37.3 Å². The Morgan fingerprint density at radius 1 is 1.25 bits per heavy atom. The van der Waals surface area contributed by atoms with Gasteiger partial charge in [0.05, 0.1) is 5.92 Å². The van der Waals surface area contributed by atoms with Gasteiger partial charge in [0.15, 0.2) is 0 Å². The van der Waals surface area contributed by atoms with Gasteiger partial charge in [-0.05, 0) is 37.7 Å². The topological polar surface area (TPSA) is 20.3 Å². The maximum atomic E-state index is 13.0. The first-order valence-electron chi connectivity index (χ1n) is 7.72. The molecule has 0 saturated carbocycles. The summed E-state index contributed by atoms with van der Waals surface area (Å²) in [6, 6.07) is 10.9. The van der Waals surface area contributed by atoms with E-state index >= 15 is 0 Å². The van der Waals surface area contributed by atoms with E-state index < -0.39 is 0 Å². The minimum absolute atomic E-state index is 0.00572. The number of piperidine rings is 1. The summed E-state index contributed by atoms with van der Waals surface area (Å²) in [6.07, 6.45) is 5.06. The van der Waals surface area contributed by atoms with E-state index in [-0.39, 0.29) is 11.3 Å². The van der Waals surface area contributed by atoms with Gasteiger partial charge in [0.1, 0.15) is 0 Å². The number of hydrogen-bond donors (Lipinski definition) is 0. The number of nitrogens with zero attached hydrogens (tertiary/aromatic N) is 1. The maximum absolute atomic E-state index is 13.0. The SMILES string of the molecule is CCC(C(=O)N1C2CCC1CC(Cl)C2)c1ccccc1. The Balaban J connectivity index is 1.81. The van der Waals surface area contributed by atoms with Crippen LogP contribution in [0.15, 0.2) is 30.3 Å². The van der Waals surface area contributed by atoms with Crippen molar-refractivity contribution in [2.45, 2.75) is 62.4 Å². The third-order valence-corrected chi connectivity index (χ3v) is 5.19. The van der Waals surface area contributed by atoms with Crippen LogP contribution in [0.4, 0.5) is 0 Å². The van der Waals surface area contributed by atoms with E-state index in [9.17, 15) is 4.79 Å². The van der Waals surface area contributed by atoms with Gasteiger partial charge in [0.2, 0.25) is 5.91 Å². The van der Waals surface area contributed by atoms with Crippen LogP contribution in [0.5, 0.6) is 0 Å². The van der Waals surface area contributed by atoms with Crippen molar-refractivity contribution in [3.05, 3.63) is 35.9 Å². The molecular weight excluding hydrogens is 270 g/mol. The molecule has 0 N–H and O–H groups in total. The summed E-state index contributed by atoms with van der Waals surface area (Å²) in [4.78, 5) is 15.1. The van der Waals surface area contributed by atoms with Crippen LogP contribution in [0.2, 0.25) is 0 Å². The van der Waals surface area contributed by atoms with E-state index in [0.29, 0.717) is 18.0 Å². The second-order valence-corrected chi connectivity index (χ2v) is 6.69. The highest BCUT2D eigenvalue weighted by Gasteiger charge is 2.44. The summed E-state index contributed by atoms with van der Waals surface area (Å²) in [7, 11) is 0. The molecule has 2 aliphatic heterocycles. The standard InChI is InChI=1S/C17H22ClNO/c1-2-16(12-6-4-3-5-7-12)17(20)19-14-8-9-15(19)11-13(18)10-14/h3-7,13-16H,2,8-11H2,1H3. The second kappa shape index (κ2) is 5.77. The number of benzene rings is 1. The Labute approximate surface area is 126 Å². The van der Waals surface area contributed by atoms with Crippen LogP contribution in [0.1, 0.15) is 50.5 Å². The molecule has 1 amide bonds. The zero-order chi connectivity index (χ0) is 14.1. The monoisotopic (exact) mass is 291 g/mol. The molecule has 3 atom stereocenters. The lowest BCUT2D eigenvalue weighted by molar-refractivity contribution is -0.137. The molecule has 2 nitrogen and oxygen atoms in total. The summed E-state index contributed by atoms with van der Waals surface area (Å²) < 4.78 is 0. The molecule has 3 rings (SSSR count). The molecular formula is C17H22ClNO. The predicted molar refractivity (Wildman–Crippen MR) is 82.0 cm³/mol. The first kappa shape index (κ1) is 13.9. The molecule has 2 heterocycles. The minimum atomic E-state index is 0.00572. The summed E-state index contributed by atoms with van der Waals surface area (Å²) in [5, 5.41) is 0.258. The molecule has 20 heavy (non-hydrogen) atoms. The largest absolute Gasteiger partial charge is 0.336 e. The Morgan fingerprint density at radius 2 is 1.85 bits per heavy atom. The molecule has 0 radical (unpaired) electrons. The van der Waals surface area contributed by atoms with Crippen molar-refractivity contribution < 1.29 is 4.79 Å². The Kier molecular flexibility index (Phi) is 4.02. The average Bonchev–Trinajstić information content (AvgIpc) is 2.73. The molecule has 0 aromatic heterocycles. The molecule has 2 aliphatic rings. The van der Waals surface area contributed by atoms with E-state index in [1.54, 1.807) is 0 Å². The first-order chi connectivity index (χ1) is 9.70. The number of carbonyl (C=O) groups is 1. The third kappa shape index (κ3) is 2.46. The Hall–Kier alpha value is -1.02. The molecule has 2 fully saturated rings. The summed E-state index contributed by atoms with van der Waals surface area (Å²) in [6.45, 7) is 2.10. The lowest BCUT2D eigenvalue weighted by Gasteiger charge is -2.39. The molecule has 3 heteroatoms. The first-order valence-corrected chi connectivity index (χ1v) is 8.15. The fourth-order valence-electron chi connectivity index (χ4n) is 3.89. The van der Waals surface area contributed by atoms with Gasteiger partial charge in [0, 0.05) is 17.5 Å². The van der Waals surface area contributed by atoms with E-state index in [1.807, 2.05) is 18.2 Å². The van der Waals surface area contributed by atoms with Crippen LogP contribution >= 0.6 is 11.6 Å². The number of rotatable bonds is 3. The van der Waals surface area contributed by atoms with Crippen LogP contribution < -0.4 is 0 Å². The van der Waals surface area contributed by atoms with Gasteiger partial charge in [-0.2, -0.15) is 0 Å². The van der Waals surface area contributed by atoms with Crippen LogP contribution in [0, 0.1) is 0 Å². The minimum Gasteiger partial charge on any atom is -0.336 e. The van der Waals surface area contributed by atoms with Crippen molar-refractivity contribution in [3.63, 3.8) is 0 Å². The van der Waals surface area contributed by atoms with Crippen molar-refractivity contribution in [1.82, 2.24) is 4.90 Å². The van der Waals surface area contributed by atoms with Gasteiger partial charge < -0.3 is 4.90 Å². The maximum Gasteiger partial charge on any atom is 0.230 e. The quantitative estimate of drug-likeness (QED) is 0.773. The zero-order valence-corrected chi connectivity index (χ0v) is 12.7.